The minimum atomic E-state index is 0.161. The number of nitrogens with zero attached hydrogens (tertiary/aromatic N) is 1. The lowest BCUT2D eigenvalue weighted by Gasteiger charge is -2.19. The number of benzene rings is 1. The molecule has 0 amide bonds. The van der Waals surface area contributed by atoms with Crippen molar-refractivity contribution < 1.29 is 0 Å². The Morgan fingerprint density at radius 2 is 1.95 bits per heavy atom. The summed E-state index contributed by atoms with van der Waals surface area (Å²) in [6.45, 7) is 2.97. The van der Waals surface area contributed by atoms with Crippen LogP contribution in [-0.2, 0) is 6.42 Å². The minimum absolute atomic E-state index is 0.161. The molecule has 2 nitrogen and oxygen atoms in total. The highest BCUT2D eigenvalue weighted by Crippen LogP contribution is 2.28. The second-order valence-electron chi connectivity index (χ2n) is 4.45. The predicted octanol–water partition coefficient (Wildman–Crippen LogP) is 5.15. The standard InChI is InChI=1S/C15H15Br2ClN2/c1-2-19-15(8-12-5-3-11(17)9-20-12)13-6-4-10(16)7-14(13)18/h3-7,9,15,19H,2,8H2,1H3. The monoisotopic (exact) mass is 416 g/mol. The van der Waals surface area contributed by atoms with Crippen LogP contribution in [-0.4, -0.2) is 11.5 Å². The molecule has 0 aliphatic heterocycles. The maximum atomic E-state index is 6.35. The molecule has 1 unspecified atom stereocenters. The van der Waals surface area contributed by atoms with E-state index in [2.05, 4.69) is 55.2 Å². The molecule has 0 saturated heterocycles. The fourth-order valence-corrected chi connectivity index (χ4v) is 3.10. The van der Waals surface area contributed by atoms with E-state index in [1.165, 1.54) is 0 Å². The van der Waals surface area contributed by atoms with Gasteiger partial charge in [0, 0.05) is 38.3 Å². The van der Waals surface area contributed by atoms with Crippen LogP contribution in [0.4, 0.5) is 0 Å². The zero-order valence-corrected chi connectivity index (χ0v) is 15.0. The largest absolute Gasteiger partial charge is 0.310 e. The smallest absolute Gasteiger partial charge is 0.0465 e. The van der Waals surface area contributed by atoms with Crippen molar-refractivity contribution >= 4 is 43.5 Å². The molecule has 20 heavy (non-hydrogen) atoms. The molecule has 0 saturated carbocycles. The van der Waals surface area contributed by atoms with Gasteiger partial charge in [0.15, 0.2) is 0 Å². The summed E-state index contributed by atoms with van der Waals surface area (Å²) in [6.07, 6.45) is 2.63. The van der Waals surface area contributed by atoms with Gasteiger partial charge in [-0.1, -0.05) is 40.5 Å². The number of hydrogen-bond donors (Lipinski definition) is 1. The number of rotatable bonds is 5. The first-order chi connectivity index (χ1) is 9.60. The maximum Gasteiger partial charge on any atom is 0.0465 e. The predicted molar refractivity (Wildman–Crippen MR) is 91.2 cm³/mol. The average Bonchev–Trinajstić information content (AvgIpc) is 2.41. The van der Waals surface area contributed by atoms with Crippen LogP contribution in [0.5, 0.6) is 0 Å². The van der Waals surface area contributed by atoms with Crippen LogP contribution in [0.2, 0.25) is 5.02 Å². The summed E-state index contributed by atoms with van der Waals surface area (Å²) in [5.74, 6) is 0. The first-order valence-corrected chi connectivity index (χ1v) is 8.35. The molecule has 0 aliphatic carbocycles. The van der Waals surface area contributed by atoms with Gasteiger partial charge in [0.1, 0.15) is 0 Å². The van der Waals surface area contributed by atoms with E-state index in [-0.39, 0.29) is 6.04 Å². The molecule has 0 spiro atoms. The van der Waals surface area contributed by atoms with Crippen molar-refractivity contribution in [1.29, 1.82) is 0 Å². The van der Waals surface area contributed by atoms with Crippen molar-refractivity contribution in [2.75, 3.05) is 6.54 Å². The molecule has 0 aliphatic rings. The SMILES string of the molecule is CCNC(Cc1ccc(Br)cn1)c1ccc(Br)cc1Cl. The van der Waals surface area contributed by atoms with Gasteiger partial charge in [-0.2, -0.15) is 0 Å². The Balaban J connectivity index is 2.24. The number of hydrogen-bond acceptors (Lipinski definition) is 2. The van der Waals surface area contributed by atoms with Crippen LogP contribution >= 0.6 is 43.5 Å². The topological polar surface area (TPSA) is 24.9 Å². The summed E-state index contributed by atoms with van der Waals surface area (Å²) in [5.41, 5.74) is 2.14. The van der Waals surface area contributed by atoms with Crippen molar-refractivity contribution in [3.8, 4) is 0 Å². The molecule has 1 heterocycles. The summed E-state index contributed by atoms with van der Waals surface area (Å²) >= 11 is 13.2. The van der Waals surface area contributed by atoms with Crippen LogP contribution in [0.15, 0.2) is 45.5 Å². The Morgan fingerprint density at radius 3 is 2.55 bits per heavy atom. The van der Waals surface area contributed by atoms with E-state index >= 15 is 0 Å². The lowest BCUT2D eigenvalue weighted by molar-refractivity contribution is 0.544. The molecule has 1 aromatic carbocycles. The quantitative estimate of drug-likeness (QED) is 0.726. The first-order valence-electron chi connectivity index (χ1n) is 6.39. The van der Waals surface area contributed by atoms with Crippen LogP contribution in [0, 0.1) is 0 Å². The van der Waals surface area contributed by atoms with Crippen LogP contribution in [0.3, 0.4) is 0 Å². The highest BCUT2D eigenvalue weighted by molar-refractivity contribution is 9.10. The van der Waals surface area contributed by atoms with E-state index in [0.717, 1.165) is 38.2 Å². The molecule has 1 N–H and O–H groups in total. The van der Waals surface area contributed by atoms with E-state index in [4.69, 9.17) is 11.6 Å². The van der Waals surface area contributed by atoms with Gasteiger partial charge < -0.3 is 5.32 Å². The van der Waals surface area contributed by atoms with E-state index in [9.17, 15) is 0 Å². The number of nitrogens with one attached hydrogen (secondary N) is 1. The zero-order valence-electron chi connectivity index (χ0n) is 11.0. The third-order valence-electron chi connectivity index (χ3n) is 2.99. The van der Waals surface area contributed by atoms with Gasteiger partial charge in [0.25, 0.3) is 0 Å². The number of pyridine rings is 1. The Morgan fingerprint density at radius 1 is 1.20 bits per heavy atom. The highest BCUT2D eigenvalue weighted by atomic mass is 79.9. The van der Waals surface area contributed by atoms with E-state index in [1.54, 1.807) is 0 Å². The molecule has 1 aromatic heterocycles. The third-order valence-corrected chi connectivity index (χ3v) is 4.28. The lowest BCUT2D eigenvalue weighted by Crippen LogP contribution is -2.23. The summed E-state index contributed by atoms with van der Waals surface area (Å²) < 4.78 is 1.98. The highest BCUT2D eigenvalue weighted by Gasteiger charge is 2.15. The summed E-state index contributed by atoms with van der Waals surface area (Å²) in [4.78, 5) is 4.43. The molecule has 5 heteroatoms. The Hall–Kier alpha value is -0.420. The average molecular weight is 419 g/mol. The summed E-state index contributed by atoms with van der Waals surface area (Å²) in [7, 11) is 0. The van der Waals surface area contributed by atoms with Gasteiger partial charge in [-0.3, -0.25) is 4.98 Å². The molecular weight excluding hydrogens is 403 g/mol. The van der Waals surface area contributed by atoms with Crippen LogP contribution in [0.1, 0.15) is 24.2 Å². The molecule has 2 rings (SSSR count). The van der Waals surface area contributed by atoms with Gasteiger partial charge in [0.2, 0.25) is 0 Å². The molecule has 2 aromatic rings. The molecule has 106 valence electrons. The first kappa shape index (κ1) is 16.0. The zero-order chi connectivity index (χ0) is 14.5. The van der Waals surface area contributed by atoms with E-state index in [1.807, 2.05) is 30.5 Å². The second kappa shape index (κ2) is 7.55. The fraction of sp³-hybridized carbons (Fsp3) is 0.267. The van der Waals surface area contributed by atoms with Gasteiger partial charge >= 0.3 is 0 Å². The van der Waals surface area contributed by atoms with Gasteiger partial charge in [-0.25, -0.2) is 0 Å². The van der Waals surface area contributed by atoms with E-state index < -0.39 is 0 Å². The number of aromatic nitrogens is 1. The normalized spacial score (nSPS) is 12.4. The molecule has 1 atom stereocenters. The minimum Gasteiger partial charge on any atom is -0.310 e. The summed E-state index contributed by atoms with van der Waals surface area (Å²) in [5, 5.41) is 4.24. The molecule has 0 fully saturated rings. The Bertz CT molecular complexity index is 573. The van der Waals surface area contributed by atoms with E-state index in [0.29, 0.717) is 0 Å². The van der Waals surface area contributed by atoms with Crippen molar-refractivity contribution in [2.45, 2.75) is 19.4 Å². The van der Waals surface area contributed by atoms with Crippen molar-refractivity contribution in [3.63, 3.8) is 0 Å². The van der Waals surface area contributed by atoms with Crippen LogP contribution in [0.25, 0.3) is 0 Å². The van der Waals surface area contributed by atoms with Gasteiger partial charge in [0.05, 0.1) is 0 Å². The third kappa shape index (κ3) is 4.29. The van der Waals surface area contributed by atoms with Gasteiger partial charge in [-0.05, 0) is 52.3 Å². The molecule has 0 radical (unpaired) electrons. The van der Waals surface area contributed by atoms with Crippen molar-refractivity contribution in [3.05, 3.63) is 61.8 Å². The Kier molecular flexibility index (Phi) is 6.02. The fourth-order valence-electron chi connectivity index (χ4n) is 2.06. The van der Waals surface area contributed by atoms with Crippen molar-refractivity contribution in [2.24, 2.45) is 0 Å². The molecule has 0 bridgehead atoms. The van der Waals surface area contributed by atoms with Gasteiger partial charge in [-0.15, -0.1) is 0 Å². The number of likely N-dealkylation sites (N-methyl/N-ethyl adjacent to an activating group) is 1. The number of halogens is 3. The second-order valence-corrected chi connectivity index (χ2v) is 6.69. The maximum absolute atomic E-state index is 6.35. The molecular formula is C15H15Br2ClN2. The van der Waals surface area contributed by atoms with Crippen LogP contribution < -0.4 is 5.32 Å². The van der Waals surface area contributed by atoms with Crippen molar-refractivity contribution in [1.82, 2.24) is 10.3 Å². The summed E-state index contributed by atoms with van der Waals surface area (Å²) in [6, 6.07) is 10.2. The lowest BCUT2D eigenvalue weighted by atomic mass is 10.0. The Labute approximate surface area is 141 Å².